The number of halogens is 3. The number of aryl methyl sites for hydroxylation is 2. The number of alkyl halides is 3. The first-order valence-corrected chi connectivity index (χ1v) is 12.4. The number of benzene rings is 1. The van der Waals surface area contributed by atoms with Crippen molar-refractivity contribution in [3.8, 4) is 0 Å². The number of rotatable bonds is 5. The molecule has 0 radical (unpaired) electrons. The second-order valence-corrected chi connectivity index (χ2v) is 10.3. The maximum absolute atomic E-state index is 13.3. The van der Waals surface area contributed by atoms with Crippen LogP contribution >= 0.6 is 0 Å². The van der Waals surface area contributed by atoms with Crippen molar-refractivity contribution in [2.45, 2.75) is 64.2 Å². The van der Waals surface area contributed by atoms with Gasteiger partial charge in [0.1, 0.15) is 23.0 Å². The van der Waals surface area contributed by atoms with Crippen LogP contribution in [0.25, 0.3) is 11.0 Å². The highest BCUT2D eigenvalue weighted by Crippen LogP contribution is 2.43. The Balaban J connectivity index is 1.51. The van der Waals surface area contributed by atoms with Crippen molar-refractivity contribution in [2.75, 3.05) is 16.4 Å². The van der Waals surface area contributed by atoms with Crippen LogP contribution in [0.4, 0.5) is 30.4 Å². The summed E-state index contributed by atoms with van der Waals surface area (Å²) in [5.41, 5.74) is 6.18. The molecule has 0 saturated heterocycles. The van der Waals surface area contributed by atoms with Gasteiger partial charge in [0.15, 0.2) is 0 Å². The number of hydrogen-bond acceptors (Lipinski definition) is 6. The summed E-state index contributed by atoms with van der Waals surface area (Å²) in [6.45, 7) is 3.46. The molecule has 4 atom stereocenters. The van der Waals surface area contributed by atoms with Gasteiger partial charge >= 0.3 is 6.18 Å². The first-order chi connectivity index (χ1) is 17.0. The zero-order valence-electron chi connectivity index (χ0n) is 20.6. The largest absolute Gasteiger partial charge is 0.416 e. The van der Waals surface area contributed by atoms with Crippen molar-refractivity contribution in [3.63, 3.8) is 0 Å². The van der Waals surface area contributed by atoms with Crippen molar-refractivity contribution in [2.24, 2.45) is 18.9 Å². The predicted octanol–water partition coefficient (Wildman–Crippen LogP) is 5.40. The fraction of sp³-hybridized carbons (Fsp3) is 0.500. The molecule has 2 fully saturated rings. The van der Waals surface area contributed by atoms with Crippen molar-refractivity contribution in [1.29, 1.82) is 0 Å². The summed E-state index contributed by atoms with van der Waals surface area (Å²) < 4.78 is 41.5. The second kappa shape index (κ2) is 8.97. The molecular weight excluding hydrogens is 469 g/mol. The monoisotopic (exact) mass is 500 g/mol. The van der Waals surface area contributed by atoms with E-state index >= 15 is 0 Å². The molecule has 2 aliphatic carbocycles. The molecule has 0 aliphatic heterocycles. The summed E-state index contributed by atoms with van der Waals surface area (Å²) in [5, 5.41) is 7.37. The average molecular weight is 501 g/mol. The molecule has 0 spiro atoms. The SMILES string of the molecule is Cc1nc(N[C@H](C)c2cc(N)cc(C(F)(F)F)c2)c2cc(NC3CCC4CCC3C4)c(=O)n(C)c2n1. The van der Waals surface area contributed by atoms with E-state index in [0.717, 1.165) is 24.5 Å². The van der Waals surface area contributed by atoms with Crippen LogP contribution in [0.3, 0.4) is 0 Å². The van der Waals surface area contributed by atoms with Gasteiger partial charge in [0.25, 0.3) is 5.56 Å². The third-order valence-electron chi connectivity index (χ3n) is 7.71. The van der Waals surface area contributed by atoms with E-state index in [1.807, 2.05) is 0 Å². The lowest BCUT2D eigenvalue weighted by Gasteiger charge is -2.30. The van der Waals surface area contributed by atoms with Crippen LogP contribution in [0, 0.1) is 18.8 Å². The highest BCUT2D eigenvalue weighted by molar-refractivity contribution is 5.89. The summed E-state index contributed by atoms with van der Waals surface area (Å²) in [5.74, 6) is 2.28. The summed E-state index contributed by atoms with van der Waals surface area (Å²) in [7, 11) is 1.68. The Morgan fingerprint density at radius 3 is 2.61 bits per heavy atom. The van der Waals surface area contributed by atoms with Gasteiger partial charge in [-0.05, 0) is 81.2 Å². The summed E-state index contributed by atoms with van der Waals surface area (Å²) in [6, 6.07) is 5.02. The normalized spacial score (nSPS) is 22.6. The molecule has 2 aromatic heterocycles. The number of nitrogens with zero attached hydrogens (tertiary/aromatic N) is 3. The van der Waals surface area contributed by atoms with Gasteiger partial charge in [-0.2, -0.15) is 13.2 Å². The molecule has 192 valence electrons. The third kappa shape index (κ3) is 4.60. The van der Waals surface area contributed by atoms with Gasteiger partial charge in [0, 0.05) is 18.8 Å². The minimum atomic E-state index is -4.50. The van der Waals surface area contributed by atoms with Gasteiger partial charge in [0.05, 0.1) is 17.0 Å². The molecule has 5 rings (SSSR count). The summed E-state index contributed by atoms with van der Waals surface area (Å²) >= 11 is 0. The van der Waals surface area contributed by atoms with Crippen molar-refractivity contribution in [1.82, 2.24) is 14.5 Å². The van der Waals surface area contributed by atoms with Gasteiger partial charge in [-0.3, -0.25) is 9.36 Å². The van der Waals surface area contributed by atoms with Crippen LogP contribution in [-0.4, -0.2) is 20.6 Å². The zero-order chi connectivity index (χ0) is 25.8. The maximum atomic E-state index is 13.3. The van der Waals surface area contributed by atoms with Gasteiger partial charge in [-0.25, -0.2) is 9.97 Å². The van der Waals surface area contributed by atoms with Crippen molar-refractivity contribution < 1.29 is 13.2 Å². The van der Waals surface area contributed by atoms with E-state index in [2.05, 4.69) is 20.6 Å². The molecule has 1 aromatic carbocycles. The Morgan fingerprint density at radius 2 is 1.86 bits per heavy atom. The zero-order valence-corrected chi connectivity index (χ0v) is 20.6. The number of anilines is 3. The Labute approximate surface area is 207 Å². The number of nitrogens with one attached hydrogen (secondary N) is 2. The first kappa shape index (κ1) is 24.4. The van der Waals surface area contributed by atoms with E-state index in [-0.39, 0.29) is 17.3 Å². The Hall–Kier alpha value is -3.30. The highest BCUT2D eigenvalue weighted by Gasteiger charge is 2.36. The van der Waals surface area contributed by atoms with E-state index in [1.54, 1.807) is 27.0 Å². The molecule has 2 heterocycles. The van der Waals surface area contributed by atoms with Gasteiger partial charge in [-0.15, -0.1) is 0 Å². The molecule has 10 heteroatoms. The third-order valence-corrected chi connectivity index (χ3v) is 7.71. The topological polar surface area (TPSA) is 97.9 Å². The van der Waals surface area contributed by atoms with E-state index < -0.39 is 17.8 Å². The Bertz CT molecular complexity index is 1370. The molecule has 3 aromatic rings. The average Bonchev–Trinajstić information content (AvgIpc) is 3.20. The molecule has 0 amide bonds. The number of nitrogen functional groups attached to an aromatic ring is 1. The lowest BCUT2D eigenvalue weighted by molar-refractivity contribution is -0.137. The second-order valence-electron chi connectivity index (χ2n) is 10.3. The quantitative estimate of drug-likeness (QED) is 0.406. The van der Waals surface area contributed by atoms with E-state index in [0.29, 0.717) is 39.8 Å². The molecule has 7 nitrogen and oxygen atoms in total. The molecular formula is C26H31F3N6O. The van der Waals surface area contributed by atoms with Crippen molar-refractivity contribution >= 4 is 28.2 Å². The van der Waals surface area contributed by atoms with E-state index in [1.165, 1.54) is 36.3 Å². The molecule has 36 heavy (non-hydrogen) atoms. The Morgan fingerprint density at radius 1 is 1.11 bits per heavy atom. The van der Waals surface area contributed by atoms with E-state index in [4.69, 9.17) is 5.73 Å². The number of pyridine rings is 1. The number of aromatic nitrogens is 3. The fourth-order valence-corrected chi connectivity index (χ4v) is 5.81. The minimum absolute atomic E-state index is 0.0349. The van der Waals surface area contributed by atoms with Crippen LogP contribution < -0.4 is 21.9 Å². The molecule has 3 unspecified atom stereocenters. The standard InChI is InChI=1S/C26H31F3N6O/c1-13(17-9-18(26(27,28)29)11-19(30)10-17)31-23-20-12-22(25(36)35(3)24(20)33-14(2)32-23)34-21-7-5-15-4-6-16(21)8-15/h9-13,15-16,21,34H,4-8,30H2,1-3H3,(H,31,32,33)/t13-,15?,16?,21?/m1/s1. The first-order valence-electron chi connectivity index (χ1n) is 12.4. The number of nitrogens with two attached hydrogens (primary N) is 1. The van der Waals surface area contributed by atoms with Gasteiger partial charge in [-0.1, -0.05) is 6.42 Å². The number of fused-ring (bicyclic) bond motifs is 3. The molecule has 2 saturated carbocycles. The molecule has 4 N–H and O–H groups in total. The van der Waals surface area contributed by atoms with Crippen LogP contribution in [0.5, 0.6) is 0 Å². The smallest absolute Gasteiger partial charge is 0.399 e. The molecule has 2 bridgehead atoms. The highest BCUT2D eigenvalue weighted by atomic mass is 19.4. The lowest BCUT2D eigenvalue weighted by Crippen LogP contribution is -2.34. The summed E-state index contributed by atoms with van der Waals surface area (Å²) in [6.07, 6.45) is 1.37. The van der Waals surface area contributed by atoms with Gasteiger partial charge in [0.2, 0.25) is 0 Å². The van der Waals surface area contributed by atoms with E-state index in [9.17, 15) is 18.0 Å². The lowest BCUT2D eigenvalue weighted by atomic mass is 9.85. The Kier molecular flexibility index (Phi) is 6.08. The van der Waals surface area contributed by atoms with Crippen LogP contribution in [0.2, 0.25) is 0 Å². The van der Waals surface area contributed by atoms with Crippen LogP contribution in [0.15, 0.2) is 29.1 Å². The maximum Gasteiger partial charge on any atom is 0.416 e. The van der Waals surface area contributed by atoms with Crippen molar-refractivity contribution in [3.05, 3.63) is 51.6 Å². The fourth-order valence-electron chi connectivity index (χ4n) is 5.81. The molecule has 2 aliphatic rings. The minimum Gasteiger partial charge on any atom is -0.399 e. The summed E-state index contributed by atoms with van der Waals surface area (Å²) in [4.78, 5) is 22.2. The predicted molar refractivity (Wildman–Crippen MR) is 135 cm³/mol. The van der Waals surface area contributed by atoms with Gasteiger partial charge < -0.3 is 16.4 Å². The van der Waals surface area contributed by atoms with Crippen LogP contribution in [0.1, 0.15) is 62.0 Å². The van der Waals surface area contributed by atoms with Crippen LogP contribution in [-0.2, 0) is 13.2 Å². The number of hydrogen-bond donors (Lipinski definition) is 3.